The van der Waals surface area contributed by atoms with Gasteiger partial charge in [0, 0.05) is 31.8 Å². The van der Waals surface area contributed by atoms with Crippen LogP contribution in [0.1, 0.15) is 57.9 Å². The first-order valence-corrected chi connectivity index (χ1v) is 15.9. The molecule has 10 heteroatoms. The molecule has 4 aromatic rings. The zero-order valence-electron chi connectivity index (χ0n) is 27.7. The van der Waals surface area contributed by atoms with Gasteiger partial charge in [-0.3, -0.25) is 4.90 Å². The molecule has 0 aliphatic carbocycles. The number of aromatic nitrogens is 2. The van der Waals surface area contributed by atoms with Gasteiger partial charge < -0.3 is 19.5 Å². The monoisotopic (exact) mass is 645 g/mol. The average Bonchev–Trinajstić information content (AvgIpc) is 3.10. The summed E-state index contributed by atoms with van der Waals surface area (Å²) in [6.45, 7) is 8.49. The van der Waals surface area contributed by atoms with E-state index >= 15 is 0 Å². The molecule has 0 unspecified atom stereocenters. The van der Waals surface area contributed by atoms with E-state index in [1.807, 2.05) is 50.2 Å². The Morgan fingerprint density at radius 1 is 1.02 bits per heavy atom. The Bertz CT molecular complexity index is 1800. The number of aryl methyl sites for hydroxylation is 2. The topological polar surface area (TPSA) is 127 Å². The molecule has 10 nitrogen and oxygen atoms in total. The lowest BCUT2D eigenvalue weighted by molar-refractivity contribution is -0.134. The average molecular weight is 646 g/mol. The largest absolute Gasteiger partial charge is 0.466 e. The Hall–Kier alpha value is -5.53. The van der Waals surface area contributed by atoms with E-state index in [0.717, 1.165) is 60.3 Å². The highest BCUT2D eigenvalue weighted by Gasteiger charge is 2.23. The van der Waals surface area contributed by atoms with Crippen molar-refractivity contribution in [2.24, 2.45) is 0 Å². The third kappa shape index (κ3) is 8.63. The van der Waals surface area contributed by atoms with Crippen LogP contribution in [0.5, 0.6) is 11.6 Å². The molecule has 1 aliphatic heterocycles. The summed E-state index contributed by atoms with van der Waals surface area (Å²) in [5.41, 5.74) is 6.62. The van der Waals surface area contributed by atoms with Crippen molar-refractivity contribution in [2.75, 3.05) is 32.1 Å². The van der Waals surface area contributed by atoms with E-state index in [0.29, 0.717) is 17.3 Å². The highest BCUT2D eigenvalue weighted by Crippen LogP contribution is 2.34. The van der Waals surface area contributed by atoms with Crippen LogP contribution in [0.15, 0.2) is 72.9 Å². The van der Waals surface area contributed by atoms with Gasteiger partial charge in [-0.05, 0) is 97.3 Å². The number of benzene rings is 3. The number of esters is 2. The van der Waals surface area contributed by atoms with Crippen LogP contribution in [0.4, 0.5) is 5.95 Å². The molecule has 1 fully saturated rings. The number of nitrogens with one attached hydrogen (secondary N) is 1. The quantitative estimate of drug-likeness (QED) is 0.136. The van der Waals surface area contributed by atoms with Crippen molar-refractivity contribution in [2.45, 2.75) is 46.2 Å². The normalized spacial score (nSPS) is 13.6. The number of likely N-dealkylation sites (tertiary alicyclic amines) is 1. The number of carbonyl (C=O) groups excluding carboxylic acids is 2. The van der Waals surface area contributed by atoms with Gasteiger partial charge in [0.25, 0.3) is 0 Å². The molecule has 1 saturated heterocycles. The molecule has 246 valence electrons. The minimum atomic E-state index is -0.551. The van der Waals surface area contributed by atoms with Gasteiger partial charge in [0.2, 0.25) is 11.8 Å². The Labute approximate surface area is 281 Å². The number of rotatable bonds is 11. The van der Waals surface area contributed by atoms with Crippen molar-refractivity contribution < 1.29 is 23.8 Å². The van der Waals surface area contributed by atoms with E-state index in [1.165, 1.54) is 24.9 Å². The summed E-state index contributed by atoms with van der Waals surface area (Å²) in [6, 6.07) is 21.9. The summed E-state index contributed by atoms with van der Waals surface area (Å²) >= 11 is 0. The summed E-state index contributed by atoms with van der Waals surface area (Å²) in [7, 11) is 1.36. The lowest BCUT2D eigenvalue weighted by Crippen LogP contribution is -2.39. The van der Waals surface area contributed by atoms with E-state index in [9.17, 15) is 9.59 Å². The fraction of sp³-hybridized carbons (Fsp3) is 0.289. The summed E-state index contributed by atoms with van der Waals surface area (Å²) in [6.07, 6.45) is 6.40. The Morgan fingerprint density at radius 3 is 2.33 bits per heavy atom. The Kier molecular flexibility index (Phi) is 11.2. The maximum atomic E-state index is 12.8. The van der Waals surface area contributed by atoms with E-state index in [2.05, 4.69) is 43.1 Å². The highest BCUT2D eigenvalue weighted by atomic mass is 16.5. The van der Waals surface area contributed by atoms with Crippen LogP contribution in [-0.4, -0.2) is 59.7 Å². The molecule has 0 amide bonds. The van der Waals surface area contributed by atoms with Crippen molar-refractivity contribution in [1.29, 1.82) is 5.26 Å². The maximum absolute atomic E-state index is 12.8. The van der Waals surface area contributed by atoms with Gasteiger partial charge in [0.05, 0.1) is 31.5 Å². The van der Waals surface area contributed by atoms with Crippen LogP contribution in [0.3, 0.4) is 0 Å². The zero-order chi connectivity index (χ0) is 34.0. The smallest absolute Gasteiger partial charge is 0.345 e. The standard InChI is InChI=1S/C38H39N5O5/c1-5-47-37(45)33-23-40-38(41-32-16-18-43(19-17-32)24-29-8-6-27(7-9-29)12-15-34(44)46-4)42-36(33)48-35-25(2)20-31(21-26(35)3)30-13-10-28(22-39)11-14-30/h6-15,20-21,23,32H,5,16-19,24H2,1-4H3,(H,40,41,42)/b15-12+. The molecule has 2 heterocycles. The summed E-state index contributed by atoms with van der Waals surface area (Å²) in [5, 5.41) is 12.6. The highest BCUT2D eigenvalue weighted by molar-refractivity contribution is 5.92. The SMILES string of the molecule is CCOC(=O)c1cnc(NC2CCN(Cc3ccc(/C=C/C(=O)OC)cc3)CC2)nc1Oc1c(C)cc(-c2ccc(C#N)cc2)cc1C. The molecular weight excluding hydrogens is 606 g/mol. The number of hydrogen-bond acceptors (Lipinski definition) is 10. The first kappa shape index (κ1) is 33.8. The van der Waals surface area contributed by atoms with Gasteiger partial charge in [0.15, 0.2) is 0 Å². The van der Waals surface area contributed by atoms with Crippen molar-refractivity contribution >= 4 is 24.0 Å². The lowest BCUT2D eigenvalue weighted by atomic mass is 9.99. The van der Waals surface area contributed by atoms with Crippen LogP contribution in [0.25, 0.3) is 17.2 Å². The number of hydrogen-bond donors (Lipinski definition) is 1. The second-order valence-electron chi connectivity index (χ2n) is 11.7. The number of nitriles is 1. The van der Waals surface area contributed by atoms with Gasteiger partial charge in [-0.2, -0.15) is 10.2 Å². The van der Waals surface area contributed by atoms with Gasteiger partial charge in [-0.15, -0.1) is 0 Å². The number of nitrogens with zero attached hydrogens (tertiary/aromatic N) is 4. The molecule has 0 radical (unpaired) electrons. The van der Waals surface area contributed by atoms with E-state index in [4.69, 9.17) is 14.7 Å². The van der Waals surface area contributed by atoms with Crippen LogP contribution in [0, 0.1) is 25.2 Å². The maximum Gasteiger partial charge on any atom is 0.345 e. The molecule has 0 atom stereocenters. The molecule has 0 bridgehead atoms. The van der Waals surface area contributed by atoms with Crippen LogP contribution < -0.4 is 10.1 Å². The summed E-state index contributed by atoms with van der Waals surface area (Å²) < 4.78 is 16.3. The van der Waals surface area contributed by atoms with Gasteiger partial charge in [-0.25, -0.2) is 14.6 Å². The predicted octanol–water partition coefficient (Wildman–Crippen LogP) is 6.86. The van der Waals surface area contributed by atoms with Gasteiger partial charge in [0.1, 0.15) is 11.3 Å². The lowest BCUT2D eigenvalue weighted by Gasteiger charge is -2.32. The second kappa shape index (κ2) is 15.8. The molecule has 48 heavy (non-hydrogen) atoms. The van der Waals surface area contributed by atoms with Crippen molar-refractivity contribution in [3.63, 3.8) is 0 Å². The predicted molar refractivity (Wildman–Crippen MR) is 184 cm³/mol. The third-order valence-electron chi connectivity index (χ3n) is 8.18. The summed E-state index contributed by atoms with van der Waals surface area (Å²) in [5.74, 6) is 0.187. The number of ether oxygens (including phenoxy) is 3. The zero-order valence-corrected chi connectivity index (χ0v) is 27.7. The molecule has 3 aromatic carbocycles. The van der Waals surface area contributed by atoms with E-state index in [1.54, 1.807) is 25.1 Å². The van der Waals surface area contributed by atoms with Crippen LogP contribution >= 0.6 is 0 Å². The fourth-order valence-electron chi connectivity index (χ4n) is 5.62. The van der Waals surface area contributed by atoms with Crippen molar-refractivity contribution in [1.82, 2.24) is 14.9 Å². The molecule has 1 aliphatic rings. The van der Waals surface area contributed by atoms with Gasteiger partial charge in [-0.1, -0.05) is 36.4 Å². The Balaban J connectivity index is 1.25. The second-order valence-corrected chi connectivity index (χ2v) is 11.7. The first-order chi connectivity index (χ1) is 23.3. The summed E-state index contributed by atoms with van der Waals surface area (Å²) in [4.78, 5) is 35.7. The third-order valence-corrected chi connectivity index (χ3v) is 8.18. The minimum Gasteiger partial charge on any atom is -0.466 e. The minimum absolute atomic E-state index is 0.130. The van der Waals surface area contributed by atoms with E-state index in [-0.39, 0.29) is 30.1 Å². The molecule has 0 spiro atoms. The van der Waals surface area contributed by atoms with Crippen molar-refractivity contribution in [3.05, 3.63) is 106 Å². The van der Waals surface area contributed by atoms with Crippen LogP contribution in [-0.2, 0) is 20.8 Å². The van der Waals surface area contributed by atoms with E-state index < -0.39 is 5.97 Å². The molecule has 1 N–H and O–H groups in total. The van der Waals surface area contributed by atoms with Crippen LogP contribution in [0.2, 0.25) is 0 Å². The molecular formula is C38H39N5O5. The first-order valence-electron chi connectivity index (χ1n) is 15.9. The molecule has 0 saturated carbocycles. The van der Waals surface area contributed by atoms with Crippen molar-refractivity contribution in [3.8, 4) is 28.8 Å². The van der Waals surface area contributed by atoms with Gasteiger partial charge >= 0.3 is 11.9 Å². The number of methoxy groups -OCH3 is 1. The molecule has 5 rings (SSSR count). The fourth-order valence-corrected chi connectivity index (χ4v) is 5.62. The molecule has 1 aromatic heterocycles. The Morgan fingerprint density at radius 2 is 1.71 bits per heavy atom. The number of anilines is 1. The number of carbonyl (C=O) groups is 2. The number of piperidine rings is 1.